The van der Waals surface area contributed by atoms with Gasteiger partial charge in [0.1, 0.15) is 5.02 Å². The molecule has 134 valence electrons. The van der Waals surface area contributed by atoms with Crippen molar-refractivity contribution in [2.45, 2.75) is 0 Å². The third kappa shape index (κ3) is 4.66. The van der Waals surface area contributed by atoms with E-state index in [-0.39, 0.29) is 32.0 Å². The number of carboxylic acids is 1. The summed E-state index contributed by atoms with van der Waals surface area (Å²) in [6.07, 6.45) is 0. The topological polar surface area (TPSA) is 122 Å². The Kier molecular flexibility index (Phi) is 6.09. The van der Waals surface area contributed by atoms with Crippen LogP contribution in [-0.4, -0.2) is 27.0 Å². The van der Waals surface area contributed by atoms with Crippen LogP contribution in [0, 0.1) is 10.1 Å². The standard InChI is InChI=1S/C15H9Cl2N3O5S/c16-9-3-2-8(14(22)23)5-11(9)18-15(26)19-13(21)7-1-4-10(17)12(6-7)20(24)25/h1-6H,(H,22,23)(H2,18,19,21,26). The number of carbonyl (C=O) groups excluding carboxylic acids is 1. The van der Waals surface area contributed by atoms with Gasteiger partial charge in [-0.15, -0.1) is 0 Å². The number of carboxylic acid groups (broad SMARTS) is 1. The number of benzene rings is 2. The van der Waals surface area contributed by atoms with Crippen LogP contribution in [0.3, 0.4) is 0 Å². The van der Waals surface area contributed by atoms with Crippen LogP contribution in [0.25, 0.3) is 0 Å². The highest BCUT2D eigenvalue weighted by atomic mass is 35.5. The van der Waals surface area contributed by atoms with Crippen LogP contribution < -0.4 is 10.6 Å². The fraction of sp³-hybridized carbons (Fsp3) is 0. The summed E-state index contributed by atoms with van der Waals surface area (Å²) < 4.78 is 0. The second-order valence-corrected chi connectivity index (χ2v) is 6.05. The Hall–Kier alpha value is -2.75. The molecule has 2 rings (SSSR count). The summed E-state index contributed by atoms with van der Waals surface area (Å²) >= 11 is 16.6. The highest BCUT2D eigenvalue weighted by molar-refractivity contribution is 7.80. The number of hydrogen-bond donors (Lipinski definition) is 3. The highest BCUT2D eigenvalue weighted by Crippen LogP contribution is 2.25. The lowest BCUT2D eigenvalue weighted by molar-refractivity contribution is -0.384. The minimum absolute atomic E-state index is 0.0284. The molecule has 8 nitrogen and oxygen atoms in total. The monoisotopic (exact) mass is 413 g/mol. The summed E-state index contributed by atoms with van der Waals surface area (Å²) in [6.45, 7) is 0. The molecular formula is C15H9Cl2N3O5S. The molecule has 2 aromatic rings. The van der Waals surface area contributed by atoms with Crippen LogP contribution in [0.1, 0.15) is 20.7 Å². The van der Waals surface area contributed by atoms with E-state index in [1.165, 1.54) is 30.3 Å². The van der Waals surface area contributed by atoms with E-state index < -0.39 is 22.5 Å². The first-order chi connectivity index (χ1) is 12.2. The molecule has 11 heteroatoms. The number of aromatic carboxylic acids is 1. The number of carbonyl (C=O) groups is 2. The Morgan fingerprint density at radius 2 is 1.69 bits per heavy atom. The number of anilines is 1. The van der Waals surface area contributed by atoms with Crippen molar-refractivity contribution in [1.29, 1.82) is 0 Å². The van der Waals surface area contributed by atoms with E-state index >= 15 is 0 Å². The summed E-state index contributed by atoms with van der Waals surface area (Å²) in [5, 5.41) is 24.7. The van der Waals surface area contributed by atoms with Gasteiger partial charge in [-0.3, -0.25) is 20.2 Å². The van der Waals surface area contributed by atoms with E-state index in [2.05, 4.69) is 10.6 Å². The number of rotatable bonds is 4. The fourth-order valence-electron chi connectivity index (χ4n) is 1.88. The maximum absolute atomic E-state index is 12.2. The quantitative estimate of drug-likeness (QED) is 0.396. The maximum Gasteiger partial charge on any atom is 0.335 e. The second kappa shape index (κ2) is 8.09. The van der Waals surface area contributed by atoms with Crippen LogP contribution in [0.15, 0.2) is 36.4 Å². The van der Waals surface area contributed by atoms with Gasteiger partial charge in [-0.05, 0) is 42.5 Å². The van der Waals surface area contributed by atoms with Crippen molar-refractivity contribution in [3.05, 3.63) is 67.7 Å². The van der Waals surface area contributed by atoms with Gasteiger partial charge >= 0.3 is 5.97 Å². The number of nitrogens with zero attached hydrogens (tertiary/aromatic N) is 1. The molecule has 0 aliphatic heterocycles. The van der Waals surface area contributed by atoms with Crippen LogP contribution in [0.5, 0.6) is 0 Å². The van der Waals surface area contributed by atoms with Gasteiger partial charge < -0.3 is 10.4 Å². The van der Waals surface area contributed by atoms with E-state index in [1.54, 1.807) is 0 Å². The van der Waals surface area contributed by atoms with Gasteiger partial charge in [0.2, 0.25) is 0 Å². The first-order valence-corrected chi connectivity index (χ1v) is 7.94. The van der Waals surface area contributed by atoms with Crippen molar-refractivity contribution in [3.8, 4) is 0 Å². The lowest BCUT2D eigenvalue weighted by atomic mass is 10.2. The lowest BCUT2D eigenvalue weighted by Gasteiger charge is -2.11. The molecule has 0 atom stereocenters. The van der Waals surface area contributed by atoms with Gasteiger partial charge in [0.15, 0.2) is 5.11 Å². The molecule has 0 unspecified atom stereocenters. The summed E-state index contributed by atoms with van der Waals surface area (Å²) in [7, 11) is 0. The van der Waals surface area contributed by atoms with E-state index in [9.17, 15) is 19.7 Å². The van der Waals surface area contributed by atoms with Gasteiger partial charge in [-0.25, -0.2) is 4.79 Å². The third-order valence-corrected chi connectivity index (χ3v) is 3.95. The van der Waals surface area contributed by atoms with Gasteiger partial charge in [0.25, 0.3) is 11.6 Å². The number of nitro benzene ring substituents is 1. The zero-order chi connectivity index (χ0) is 19.4. The molecule has 3 N–H and O–H groups in total. The Bertz CT molecular complexity index is 935. The Morgan fingerprint density at radius 3 is 2.31 bits per heavy atom. The Labute approximate surface area is 161 Å². The molecule has 0 saturated heterocycles. The van der Waals surface area contributed by atoms with Crippen LogP contribution in [0.2, 0.25) is 10.0 Å². The molecule has 0 saturated carbocycles. The number of halogens is 2. The predicted molar refractivity (Wildman–Crippen MR) is 100 cm³/mol. The first-order valence-electron chi connectivity index (χ1n) is 6.78. The predicted octanol–water partition coefficient (Wildman–Crippen LogP) is 3.73. The lowest BCUT2D eigenvalue weighted by Crippen LogP contribution is -2.34. The molecule has 0 bridgehead atoms. The largest absolute Gasteiger partial charge is 0.478 e. The number of nitro groups is 1. The SMILES string of the molecule is O=C(O)c1ccc(Cl)c(NC(=S)NC(=O)c2ccc(Cl)c([N+](=O)[O-])c2)c1. The fourth-order valence-corrected chi connectivity index (χ4v) is 2.43. The molecule has 0 aliphatic carbocycles. The molecule has 1 amide bonds. The van der Waals surface area contributed by atoms with Crippen LogP contribution in [0.4, 0.5) is 11.4 Å². The molecule has 2 aromatic carbocycles. The first kappa shape index (κ1) is 19.6. The molecule has 0 heterocycles. The van der Waals surface area contributed by atoms with E-state index in [0.717, 1.165) is 6.07 Å². The van der Waals surface area contributed by atoms with Crippen molar-refractivity contribution in [2.24, 2.45) is 0 Å². The maximum atomic E-state index is 12.2. The minimum Gasteiger partial charge on any atom is -0.478 e. The molecule has 26 heavy (non-hydrogen) atoms. The molecular weight excluding hydrogens is 405 g/mol. The Balaban J connectivity index is 2.14. The minimum atomic E-state index is -1.16. The average molecular weight is 414 g/mol. The van der Waals surface area contributed by atoms with Gasteiger partial charge in [0.05, 0.1) is 21.2 Å². The van der Waals surface area contributed by atoms with Crippen LogP contribution in [-0.2, 0) is 0 Å². The second-order valence-electron chi connectivity index (χ2n) is 4.83. The summed E-state index contributed by atoms with van der Waals surface area (Å²) in [5.41, 5.74) is -0.302. The van der Waals surface area contributed by atoms with Gasteiger partial charge in [0, 0.05) is 11.6 Å². The van der Waals surface area contributed by atoms with Crippen LogP contribution >= 0.6 is 35.4 Å². The molecule has 0 spiro atoms. The Morgan fingerprint density at radius 1 is 1.08 bits per heavy atom. The normalized spacial score (nSPS) is 10.1. The van der Waals surface area contributed by atoms with E-state index in [4.69, 9.17) is 40.5 Å². The number of thiocarbonyl (C=S) groups is 1. The van der Waals surface area contributed by atoms with Crippen molar-refractivity contribution >= 4 is 63.8 Å². The van der Waals surface area contributed by atoms with Crippen molar-refractivity contribution in [3.63, 3.8) is 0 Å². The van der Waals surface area contributed by atoms with Crippen molar-refractivity contribution in [2.75, 3.05) is 5.32 Å². The smallest absolute Gasteiger partial charge is 0.335 e. The number of amides is 1. The summed E-state index contributed by atoms with van der Waals surface area (Å²) in [5.74, 6) is -1.87. The molecule has 0 fully saturated rings. The van der Waals surface area contributed by atoms with Crippen molar-refractivity contribution in [1.82, 2.24) is 5.32 Å². The average Bonchev–Trinajstić information content (AvgIpc) is 2.56. The zero-order valence-electron chi connectivity index (χ0n) is 12.7. The molecule has 0 aromatic heterocycles. The zero-order valence-corrected chi connectivity index (χ0v) is 15.0. The van der Waals surface area contributed by atoms with Gasteiger partial charge in [-0.1, -0.05) is 23.2 Å². The van der Waals surface area contributed by atoms with E-state index in [1.807, 2.05) is 0 Å². The van der Waals surface area contributed by atoms with Crippen molar-refractivity contribution < 1.29 is 19.6 Å². The highest BCUT2D eigenvalue weighted by Gasteiger charge is 2.17. The third-order valence-electron chi connectivity index (χ3n) is 3.09. The van der Waals surface area contributed by atoms with E-state index in [0.29, 0.717) is 0 Å². The molecule has 0 aliphatic rings. The number of hydrogen-bond acceptors (Lipinski definition) is 5. The summed E-state index contributed by atoms with van der Waals surface area (Å²) in [4.78, 5) is 33.3. The summed E-state index contributed by atoms with van der Waals surface area (Å²) in [6, 6.07) is 7.45. The van der Waals surface area contributed by atoms with Gasteiger partial charge in [-0.2, -0.15) is 0 Å². The number of nitrogens with one attached hydrogen (secondary N) is 2. The molecule has 0 radical (unpaired) electrons.